The van der Waals surface area contributed by atoms with Gasteiger partial charge in [0, 0.05) is 25.1 Å². The molecule has 0 aromatic heterocycles. The second kappa shape index (κ2) is 8.51. The van der Waals surface area contributed by atoms with Crippen LogP contribution in [0.2, 0.25) is 0 Å². The summed E-state index contributed by atoms with van der Waals surface area (Å²) in [5.41, 5.74) is 6.32. The standard InChI is InChI=1S/C14H19F3N2O2/c15-14(16,17)7-3-4-8-19-13(20)10-21-12-6-2-1-5-11(12)9-18/h1-2,5-6H,3-4,7-10,18H2,(H,19,20). The summed E-state index contributed by atoms with van der Waals surface area (Å²) in [5, 5.41) is 2.51. The van der Waals surface area contributed by atoms with Crippen LogP contribution in [0.25, 0.3) is 0 Å². The zero-order valence-electron chi connectivity index (χ0n) is 11.6. The van der Waals surface area contributed by atoms with Crippen LogP contribution in [0, 0.1) is 0 Å². The highest BCUT2D eigenvalue weighted by molar-refractivity contribution is 5.77. The molecule has 0 bridgehead atoms. The van der Waals surface area contributed by atoms with E-state index in [0.29, 0.717) is 12.3 Å². The van der Waals surface area contributed by atoms with Crippen molar-refractivity contribution in [2.45, 2.75) is 32.0 Å². The van der Waals surface area contributed by atoms with Crippen molar-refractivity contribution in [1.82, 2.24) is 5.32 Å². The first-order valence-electron chi connectivity index (χ1n) is 6.66. The smallest absolute Gasteiger partial charge is 0.389 e. The highest BCUT2D eigenvalue weighted by Crippen LogP contribution is 2.21. The van der Waals surface area contributed by atoms with Gasteiger partial charge in [0.1, 0.15) is 5.75 Å². The number of alkyl halides is 3. The zero-order chi connectivity index (χ0) is 15.7. The second-order valence-corrected chi connectivity index (χ2v) is 4.52. The third-order valence-corrected chi connectivity index (χ3v) is 2.76. The molecule has 0 fully saturated rings. The van der Waals surface area contributed by atoms with Gasteiger partial charge in [0.15, 0.2) is 6.61 Å². The Morgan fingerprint density at radius 1 is 1.24 bits per heavy atom. The van der Waals surface area contributed by atoms with Crippen LogP contribution >= 0.6 is 0 Å². The summed E-state index contributed by atoms with van der Waals surface area (Å²) < 4.78 is 41.0. The number of halogens is 3. The quantitative estimate of drug-likeness (QED) is 0.725. The van der Waals surface area contributed by atoms with E-state index in [2.05, 4.69) is 5.32 Å². The number of carbonyl (C=O) groups is 1. The minimum Gasteiger partial charge on any atom is -0.483 e. The van der Waals surface area contributed by atoms with Crippen LogP contribution in [0.3, 0.4) is 0 Å². The van der Waals surface area contributed by atoms with Gasteiger partial charge in [-0.15, -0.1) is 0 Å². The van der Waals surface area contributed by atoms with Gasteiger partial charge in [-0.05, 0) is 18.9 Å². The third-order valence-electron chi connectivity index (χ3n) is 2.76. The second-order valence-electron chi connectivity index (χ2n) is 4.52. The highest BCUT2D eigenvalue weighted by Gasteiger charge is 2.25. The molecule has 0 spiro atoms. The van der Waals surface area contributed by atoms with Crippen LogP contribution in [0.1, 0.15) is 24.8 Å². The molecule has 0 saturated carbocycles. The molecule has 1 rings (SSSR count). The Morgan fingerprint density at radius 2 is 1.95 bits per heavy atom. The number of carbonyl (C=O) groups excluding carboxylic acids is 1. The Balaban J connectivity index is 2.20. The summed E-state index contributed by atoms with van der Waals surface area (Å²) in [5.74, 6) is 0.168. The predicted molar refractivity (Wildman–Crippen MR) is 72.7 cm³/mol. The van der Waals surface area contributed by atoms with Crippen molar-refractivity contribution in [3.8, 4) is 5.75 Å². The Kier molecular flexibility index (Phi) is 7.01. The molecule has 118 valence electrons. The number of para-hydroxylation sites is 1. The molecule has 0 aliphatic heterocycles. The Hall–Kier alpha value is -1.76. The van der Waals surface area contributed by atoms with Gasteiger partial charge in [0.2, 0.25) is 0 Å². The number of nitrogens with two attached hydrogens (primary N) is 1. The maximum Gasteiger partial charge on any atom is 0.389 e. The fourth-order valence-corrected chi connectivity index (χ4v) is 1.69. The maximum absolute atomic E-state index is 11.9. The summed E-state index contributed by atoms with van der Waals surface area (Å²) in [6.07, 6.45) is -4.69. The van der Waals surface area contributed by atoms with Gasteiger partial charge in [-0.2, -0.15) is 13.2 Å². The van der Waals surface area contributed by atoms with Gasteiger partial charge < -0.3 is 15.8 Å². The highest BCUT2D eigenvalue weighted by atomic mass is 19.4. The molecule has 0 heterocycles. The molecular formula is C14H19F3N2O2. The minimum atomic E-state index is -4.14. The van der Waals surface area contributed by atoms with Gasteiger partial charge in [-0.25, -0.2) is 0 Å². The summed E-state index contributed by atoms with van der Waals surface area (Å²) in [7, 11) is 0. The first-order chi connectivity index (χ1) is 9.92. The molecule has 0 atom stereocenters. The monoisotopic (exact) mass is 304 g/mol. The first kappa shape index (κ1) is 17.3. The lowest BCUT2D eigenvalue weighted by molar-refractivity contribution is -0.135. The molecule has 7 heteroatoms. The molecule has 1 aromatic rings. The molecule has 4 nitrogen and oxygen atoms in total. The number of unbranched alkanes of at least 4 members (excludes halogenated alkanes) is 1. The summed E-state index contributed by atoms with van der Waals surface area (Å²) in [6, 6.07) is 7.09. The largest absolute Gasteiger partial charge is 0.483 e. The number of amides is 1. The normalized spacial score (nSPS) is 11.2. The Bertz CT molecular complexity index is 450. The van der Waals surface area contributed by atoms with E-state index in [9.17, 15) is 18.0 Å². The van der Waals surface area contributed by atoms with Gasteiger partial charge in [0.05, 0.1) is 0 Å². The summed E-state index contributed by atoms with van der Waals surface area (Å²) in [4.78, 5) is 11.5. The van der Waals surface area contributed by atoms with Gasteiger partial charge >= 0.3 is 6.18 Å². The molecule has 0 aliphatic carbocycles. The van der Waals surface area contributed by atoms with E-state index >= 15 is 0 Å². The minimum absolute atomic E-state index is 0.000639. The molecule has 3 N–H and O–H groups in total. The number of hydrogen-bond acceptors (Lipinski definition) is 3. The van der Waals surface area contributed by atoms with E-state index in [1.54, 1.807) is 18.2 Å². The summed E-state index contributed by atoms with van der Waals surface area (Å²) >= 11 is 0. The van der Waals surface area contributed by atoms with Gasteiger partial charge in [-0.3, -0.25) is 4.79 Å². The van der Waals surface area contributed by atoms with E-state index in [1.165, 1.54) is 0 Å². The molecule has 0 radical (unpaired) electrons. The van der Waals surface area contributed by atoms with Crippen molar-refractivity contribution in [2.75, 3.05) is 13.2 Å². The van der Waals surface area contributed by atoms with Crippen LogP contribution in [-0.4, -0.2) is 25.2 Å². The molecule has 0 aliphatic rings. The third kappa shape index (κ3) is 7.55. The maximum atomic E-state index is 11.9. The van der Waals surface area contributed by atoms with Crippen LogP contribution in [0.5, 0.6) is 5.75 Å². The average Bonchev–Trinajstić information content (AvgIpc) is 2.43. The van der Waals surface area contributed by atoms with Gasteiger partial charge in [-0.1, -0.05) is 18.2 Å². The summed E-state index contributed by atoms with van der Waals surface area (Å²) in [6.45, 7) is 0.322. The van der Waals surface area contributed by atoms with E-state index in [4.69, 9.17) is 10.5 Å². The van der Waals surface area contributed by atoms with Crippen molar-refractivity contribution in [3.63, 3.8) is 0 Å². The van der Waals surface area contributed by atoms with E-state index in [-0.39, 0.29) is 31.9 Å². The molecule has 1 aromatic carbocycles. The number of nitrogens with one attached hydrogen (secondary N) is 1. The zero-order valence-corrected chi connectivity index (χ0v) is 11.6. The van der Waals surface area contributed by atoms with Crippen molar-refractivity contribution in [3.05, 3.63) is 29.8 Å². The molecule has 21 heavy (non-hydrogen) atoms. The fraction of sp³-hybridized carbons (Fsp3) is 0.500. The van der Waals surface area contributed by atoms with E-state index in [1.807, 2.05) is 6.07 Å². The SMILES string of the molecule is NCc1ccccc1OCC(=O)NCCCCC(F)(F)F. The molecule has 0 unspecified atom stereocenters. The number of rotatable bonds is 8. The van der Waals surface area contributed by atoms with Crippen LogP contribution < -0.4 is 15.8 Å². The van der Waals surface area contributed by atoms with Crippen molar-refractivity contribution < 1.29 is 22.7 Å². The molecule has 0 saturated heterocycles. The molecule has 1 amide bonds. The van der Waals surface area contributed by atoms with Crippen molar-refractivity contribution >= 4 is 5.91 Å². The van der Waals surface area contributed by atoms with Crippen LogP contribution in [0.4, 0.5) is 13.2 Å². The lowest BCUT2D eigenvalue weighted by Crippen LogP contribution is -2.30. The van der Waals surface area contributed by atoms with Crippen molar-refractivity contribution in [2.24, 2.45) is 5.73 Å². The van der Waals surface area contributed by atoms with Crippen LogP contribution in [-0.2, 0) is 11.3 Å². The Labute approximate surface area is 121 Å². The first-order valence-corrected chi connectivity index (χ1v) is 6.66. The average molecular weight is 304 g/mol. The predicted octanol–water partition coefficient (Wildman–Crippen LogP) is 2.37. The topological polar surface area (TPSA) is 64.3 Å². The number of hydrogen-bond donors (Lipinski definition) is 2. The van der Waals surface area contributed by atoms with E-state index in [0.717, 1.165) is 5.56 Å². The number of benzene rings is 1. The lowest BCUT2D eigenvalue weighted by atomic mass is 10.2. The lowest BCUT2D eigenvalue weighted by Gasteiger charge is -2.10. The van der Waals surface area contributed by atoms with Gasteiger partial charge in [0.25, 0.3) is 5.91 Å². The molecular weight excluding hydrogens is 285 g/mol. The van der Waals surface area contributed by atoms with Crippen LogP contribution in [0.15, 0.2) is 24.3 Å². The van der Waals surface area contributed by atoms with Crippen molar-refractivity contribution in [1.29, 1.82) is 0 Å². The number of ether oxygens (including phenoxy) is 1. The van der Waals surface area contributed by atoms with E-state index < -0.39 is 12.6 Å². The Morgan fingerprint density at radius 3 is 2.62 bits per heavy atom. The fourth-order valence-electron chi connectivity index (χ4n) is 1.69.